The van der Waals surface area contributed by atoms with Gasteiger partial charge in [-0.25, -0.2) is 0 Å². The summed E-state index contributed by atoms with van der Waals surface area (Å²) in [6.07, 6.45) is 60.9. The van der Waals surface area contributed by atoms with Crippen molar-refractivity contribution in [3.05, 3.63) is 60.8 Å². The number of aliphatic hydroxyl groups is 3. The van der Waals surface area contributed by atoms with E-state index in [0.29, 0.717) is 6.42 Å². The lowest BCUT2D eigenvalue weighted by Crippen LogP contribution is -2.45. The normalized spacial score (nSPS) is 14.0. The molecule has 326 valence electrons. The molecule has 5 heteroatoms. The van der Waals surface area contributed by atoms with Gasteiger partial charge >= 0.3 is 0 Å². The highest BCUT2D eigenvalue weighted by Crippen LogP contribution is 2.15. The lowest BCUT2D eigenvalue weighted by molar-refractivity contribution is -0.124. The first kappa shape index (κ1) is 54.0. The van der Waals surface area contributed by atoms with Crippen molar-refractivity contribution in [1.29, 1.82) is 0 Å². The number of amides is 1. The van der Waals surface area contributed by atoms with Crippen LogP contribution in [0.2, 0.25) is 0 Å². The van der Waals surface area contributed by atoms with Crippen molar-refractivity contribution >= 4 is 5.91 Å². The minimum absolute atomic E-state index is 0.000334. The third kappa shape index (κ3) is 41.7. The molecule has 0 aromatic carbocycles. The van der Waals surface area contributed by atoms with Crippen molar-refractivity contribution in [1.82, 2.24) is 5.32 Å². The highest BCUT2D eigenvalue weighted by atomic mass is 16.3. The molecule has 3 atom stereocenters. The maximum absolute atomic E-state index is 12.5. The van der Waals surface area contributed by atoms with Gasteiger partial charge in [-0.05, 0) is 70.6 Å². The van der Waals surface area contributed by atoms with E-state index in [-0.39, 0.29) is 18.9 Å². The number of unbranched alkanes of at least 4 members (excludes halogenated alkanes) is 26. The predicted octanol–water partition coefficient (Wildman–Crippen LogP) is 14.3. The maximum atomic E-state index is 12.5. The number of rotatable bonds is 43. The van der Waals surface area contributed by atoms with Crippen LogP contribution < -0.4 is 5.32 Å². The molecule has 5 nitrogen and oxygen atoms in total. The first-order valence-electron chi connectivity index (χ1n) is 24.1. The lowest BCUT2D eigenvalue weighted by Gasteiger charge is -2.21. The molecule has 0 saturated heterocycles. The number of allylic oxidation sites excluding steroid dienone is 9. The van der Waals surface area contributed by atoms with Crippen molar-refractivity contribution in [3.63, 3.8) is 0 Å². The molecule has 0 aliphatic carbocycles. The van der Waals surface area contributed by atoms with Gasteiger partial charge in [-0.15, -0.1) is 0 Å². The van der Waals surface area contributed by atoms with Crippen LogP contribution in [0.4, 0.5) is 0 Å². The van der Waals surface area contributed by atoms with E-state index in [9.17, 15) is 20.1 Å². The van der Waals surface area contributed by atoms with Gasteiger partial charge in [0.25, 0.3) is 0 Å². The van der Waals surface area contributed by atoms with Crippen molar-refractivity contribution in [3.8, 4) is 0 Å². The number of aliphatic hydroxyl groups excluding tert-OH is 3. The van der Waals surface area contributed by atoms with Crippen LogP contribution in [0.15, 0.2) is 60.8 Å². The molecule has 0 aromatic heterocycles. The Kier molecular flexibility index (Phi) is 44.2. The summed E-state index contributed by atoms with van der Waals surface area (Å²) in [6, 6.07) is -0.770. The van der Waals surface area contributed by atoms with Gasteiger partial charge in [0.05, 0.1) is 31.3 Å². The van der Waals surface area contributed by atoms with Crippen LogP contribution >= 0.6 is 0 Å². The fourth-order valence-corrected chi connectivity index (χ4v) is 7.12. The molecular weight excluding hydrogens is 691 g/mol. The van der Waals surface area contributed by atoms with Crippen molar-refractivity contribution in [2.45, 2.75) is 250 Å². The van der Waals surface area contributed by atoms with E-state index in [0.717, 1.165) is 51.4 Å². The average Bonchev–Trinajstić information content (AvgIpc) is 3.19. The quantitative estimate of drug-likeness (QED) is 0.0366. The van der Waals surface area contributed by atoms with Crippen LogP contribution in [0, 0.1) is 0 Å². The van der Waals surface area contributed by atoms with Crippen LogP contribution in [0.5, 0.6) is 0 Å². The van der Waals surface area contributed by atoms with Crippen LogP contribution in [-0.4, -0.2) is 46.1 Å². The Morgan fingerprint density at radius 1 is 0.482 bits per heavy atom. The van der Waals surface area contributed by atoms with E-state index in [4.69, 9.17) is 0 Å². The Bertz CT molecular complexity index is 954. The fourth-order valence-electron chi connectivity index (χ4n) is 7.12. The van der Waals surface area contributed by atoms with E-state index in [1.165, 1.54) is 154 Å². The molecular formula is C51H93NO4. The summed E-state index contributed by atoms with van der Waals surface area (Å²) in [5, 5.41) is 33.3. The Morgan fingerprint density at radius 2 is 0.875 bits per heavy atom. The van der Waals surface area contributed by atoms with Crippen molar-refractivity contribution in [2.75, 3.05) is 6.61 Å². The second-order valence-corrected chi connectivity index (χ2v) is 16.3. The van der Waals surface area contributed by atoms with Gasteiger partial charge in [0.1, 0.15) is 0 Å². The van der Waals surface area contributed by atoms with Gasteiger partial charge < -0.3 is 20.6 Å². The van der Waals surface area contributed by atoms with Gasteiger partial charge in [0.2, 0.25) is 5.91 Å². The zero-order chi connectivity index (χ0) is 40.8. The van der Waals surface area contributed by atoms with Gasteiger partial charge in [-0.2, -0.15) is 0 Å². The molecule has 4 N–H and O–H groups in total. The molecule has 56 heavy (non-hydrogen) atoms. The van der Waals surface area contributed by atoms with Crippen molar-refractivity contribution < 1.29 is 20.1 Å². The lowest BCUT2D eigenvalue weighted by atomic mass is 10.0. The van der Waals surface area contributed by atoms with E-state index >= 15 is 0 Å². The monoisotopic (exact) mass is 784 g/mol. The molecule has 0 heterocycles. The first-order valence-corrected chi connectivity index (χ1v) is 24.1. The summed E-state index contributed by atoms with van der Waals surface area (Å²) < 4.78 is 0. The first-order chi connectivity index (χ1) is 27.5. The SMILES string of the molecule is CC/C=C\C/C=C\CCCCCCCCCCCCCCC(O)CC(=O)NC(CO)C(O)/C=C/CC/C=C/CC/C=C/CCCCCCCCCCCCCC. The summed E-state index contributed by atoms with van der Waals surface area (Å²) in [5.74, 6) is -0.331. The average molecular weight is 784 g/mol. The zero-order valence-electron chi connectivity index (χ0n) is 37.0. The summed E-state index contributed by atoms with van der Waals surface area (Å²) >= 11 is 0. The topological polar surface area (TPSA) is 89.8 Å². The second-order valence-electron chi connectivity index (χ2n) is 16.3. The summed E-state index contributed by atoms with van der Waals surface area (Å²) in [6.45, 7) is 4.10. The van der Waals surface area contributed by atoms with Gasteiger partial charge in [0.15, 0.2) is 0 Å². The molecule has 0 aliphatic rings. The van der Waals surface area contributed by atoms with E-state index < -0.39 is 18.2 Å². The number of carbonyl (C=O) groups excluding carboxylic acids is 1. The minimum Gasteiger partial charge on any atom is -0.394 e. The van der Waals surface area contributed by atoms with E-state index in [1.807, 2.05) is 6.08 Å². The Hall–Kier alpha value is -1.95. The molecule has 0 aromatic rings. The molecule has 0 spiro atoms. The minimum atomic E-state index is -0.962. The third-order valence-corrected chi connectivity index (χ3v) is 10.8. The predicted molar refractivity (Wildman–Crippen MR) is 245 cm³/mol. The largest absolute Gasteiger partial charge is 0.394 e. The zero-order valence-corrected chi connectivity index (χ0v) is 37.0. The second kappa shape index (κ2) is 45.7. The summed E-state index contributed by atoms with van der Waals surface area (Å²) in [5.41, 5.74) is 0. The third-order valence-electron chi connectivity index (χ3n) is 10.8. The molecule has 0 saturated carbocycles. The fraction of sp³-hybridized carbons (Fsp3) is 0.784. The molecule has 0 radical (unpaired) electrons. The summed E-state index contributed by atoms with van der Waals surface area (Å²) in [7, 11) is 0. The number of hydrogen-bond donors (Lipinski definition) is 4. The number of hydrogen-bond acceptors (Lipinski definition) is 4. The Morgan fingerprint density at radius 3 is 1.34 bits per heavy atom. The molecule has 1 amide bonds. The van der Waals surface area contributed by atoms with E-state index in [1.54, 1.807) is 6.08 Å². The van der Waals surface area contributed by atoms with Crippen LogP contribution in [0.3, 0.4) is 0 Å². The van der Waals surface area contributed by atoms with Gasteiger partial charge in [-0.3, -0.25) is 4.79 Å². The van der Waals surface area contributed by atoms with Gasteiger partial charge in [-0.1, -0.05) is 216 Å². The Labute approximate surface area is 348 Å². The number of carbonyl (C=O) groups is 1. The molecule has 3 unspecified atom stereocenters. The molecule has 0 rings (SSSR count). The Balaban J connectivity index is 3.71. The number of nitrogens with one attached hydrogen (secondary N) is 1. The highest BCUT2D eigenvalue weighted by molar-refractivity contribution is 5.76. The maximum Gasteiger partial charge on any atom is 0.222 e. The standard InChI is InChI=1S/C51H93NO4/c1-3-5-7-9-11-13-15-17-19-21-23-24-25-27-29-31-33-35-37-39-41-43-45-50(55)49(47-53)52-51(56)46-48(54)44-42-40-38-36-34-32-30-28-26-22-20-18-16-14-12-10-8-6-4-2/h6,8,12,14,27,29,35,37,43,45,48-50,53-55H,3-5,7,9-11,13,15-26,28,30-34,36,38-42,44,46-47H2,1-2H3,(H,52,56)/b8-6-,14-12-,29-27+,37-35+,45-43+. The smallest absolute Gasteiger partial charge is 0.222 e. The highest BCUT2D eigenvalue weighted by Gasteiger charge is 2.20. The molecule has 0 aliphatic heterocycles. The van der Waals surface area contributed by atoms with Crippen LogP contribution in [-0.2, 0) is 4.79 Å². The van der Waals surface area contributed by atoms with Crippen LogP contribution in [0.1, 0.15) is 232 Å². The molecule has 0 fully saturated rings. The van der Waals surface area contributed by atoms with Crippen molar-refractivity contribution in [2.24, 2.45) is 0 Å². The van der Waals surface area contributed by atoms with Gasteiger partial charge in [0, 0.05) is 0 Å². The summed E-state index contributed by atoms with van der Waals surface area (Å²) in [4.78, 5) is 12.5. The van der Waals surface area contributed by atoms with Crippen LogP contribution in [0.25, 0.3) is 0 Å². The van der Waals surface area contributed by atoms with E-state index in [2.05, 4.69) is 67.8 Å². The molecule has 0 bridgehead atoms.